The predicted octanol–water partition coefficient (Wildman–Crippen LogP) is 5.29. The van der Waals surface area contributed by atoms with Gasteiger partial charge in [-0.15, -0.1) is 6.07 Å². The van der Waals surface area contributed by atoms with E-state index < -0.39 is 10.0 Å². The van der Waals surface area contributed by atoms with E-state index in [9.17, 15) is 13.7 Å². The van der Waals surface area contributed by atoms with Gasteiger partial charge in [-0.2, -0.15) is 28.1 Å². The number of nitrogens with zero attached hydrogens (tertiary/aromatic N) is 2. The van der Waals surface area contributed by atoms with Gasteiger partial charge in [-0.05, 0) is 43.9 Å². The summed E-state index contributed by atoms with van der Waals surface area (Å²) in [6, 6.07) is 12.1. The second kappa shape index (κ2) is 9.82. The monoisotopic (exact) mass is 413 g/mol. The highest BCUT2D eigenvalue weighted by atomic mass is 32.2. The van der Waals surface area contributed by atoms with E-state index in [-0.39, 0.29) is 16.2 Å². The minimum Gasteiger partial charge on any atom is -0.515 e. The molecule has 2 rings (SSSR count). The first-order valence-corrected chi connectivity index (χ1v) is 11.3. The number of hydrogen-bond acceptors (Lipinski definition) is 4. The van der Waals surface area contributed by atoms with E-state index in [1.165, 1.54) is 10.4 Å². The normalized spacial score (nSPS) is 11.6. The summed E-state index contributed by atoms with van der Waals surface area (Å²) in [4.78, 5) is 0.00895. The minimum absolute atomic E-state index is 0.00895. The van der Waals surface area contributed by atoms with E-state index >= 15 is 0 Å². The number of nitriles is 1. The zero-order chi connectivity index (χ0) is 21.6. The molecule has 0 saturated heterocycles. The van der Waals surface area contributed by atoms with Crippen molar-refractivity contribution in [3.8, 4) is 17.6 Å². The summed E-state index contributed by atoms with van der Waals surface area (Å²) in [5.74, 6) is 1.08. The van der Waals surface area contributed by atoms with Crippen LogP contribution in [-0.2, 0) is 10.0 Å². The Kier molecular flexibility index (Phi) is 7.72. The Labute approximate surface area is 175 Å². The number of rotatable bonds is 9. The van der Waals surface area contributed by atoms with Crippen molar-refractivity contribution in [3.05, 3.63) is 60.0 Å². The van der Waals surface area contributed by atoms with Crippen molar-refractivity contribution in [3.63, 3.8) is 0 Å². The van der Waals surface area contributed by atoms with E-state index in [1.54, 1.807) is 12.1 Å². The number of ether oxygens (including phenoxy) is 1. The summed E-state index contributed by atoms with van der Waals surface area (Å²) in [5, 5.41) is 9.30. The largest absolute Gasteiger partial charge is 0.515 e. The highest BCUT2D eigenvalue weighted by Gasteiger charge is 2.28. The summed E-state index contributed by atoms with van der Waals surface area (Å²) in [6.45, 7) is 12.8. The number of benzene rings is 2. The summed E-state index contributed by atoms with van der Waals surface area (Å²) in [7, 11) is -3.83. The van der Waals surface area contributed by atoms with Crippen LogP contribution < -0.4 is 4.74 Å². The van der Waals surface area contributed by atoms with Gasteiger partial charge in [0, 0.05) is 18.8 Å². The molecule has 0 radical (unpaired) electrons. The van der Waals surface area contributed by atoms with E-state index in [2.05, 4.69) is 20.8 Å². The van der Waals surface area contributed by atoms with Gasteiger partial charge >= 0.3 is 0 Å². The van der Waals surface area contributed by atoms with Gasteiger partial charge in [0.05, 0.1) is 11.6 Å². The fourth-order valence-electron chi connectivity index (χ4n) is 2.88. The Bertz CT molecular complexity index is 992. The van der Waals surface area contributed by atoms with E-state index in [1.807, 2.05) is 38.1 Å². The second-order valence-corrected chi connectivity index (χ2v) is 9.48. The van der Waals surface area contributed by atoms with Gasteiger partial charge in [0.1, 0.15) is 10.6 Å². The van der Waals surface area contributed by atoms with Crippen molar-refractivity contribution in [2.75, 3.05) is 13.1 Å². The molecule has 0 aromatic heterocycles. The average molecular weight is 414 g/mol. The van der Waals surface area contributed by atoms with Crippen molar-refractivity contribution in [1.29, 1.82) is 5.26 Å². The van der Waals surface area contributed by atoms with Crippen LogP contribution in [0.4, 0.5) is 0 Å². The number of sulfonamides is 1. The molecular formula is C23H29N2O3S-. The molecule has 0 atom stereocenters. The third-order valence-electron chi connectivity index (χ3n) is 4.56. The molecular weight excluding hydrogens is 384 g/mol. The van der Waals surface area contributed by atoms with Crippen LogP contribution in [0.25, 0.3) is 0 Å². The molecule has 29 heavy (non-hydrogen) atoms. The van der Waals surface area contributed by atoms with Crippen molar-refractivity contribution in [1.82, 2.24) is 4.31 Å². The molecule has 0 unspecified atom stereocenters. The van der Waals surface area contributed by atoms with E-state index in [0.717, 1.165) is 12.0 Å². The first-order chi connectivity index (χ1) is 13.7. The van der Waals surface area contributed by atoms with Crippen LogP contribution in [0.1, 0.15) is 50.3 Å². The number of aryl methyl sites for hydroxylation is 1. The average Bonchev–Trinajstić information content (AvgIpc) is 2.67. The van der Waals surface area contributed by atoms with Gasteiger partial charge in [-0.3, -0.25) is 0 Å². The van der Waals surface area contributed by atoms with Crippen LogP contribution >= 0.6 is 0 Å². The van der Waals surface area contributed by atoms with Crippen molar-refractivity contribution < 1.29 is 13.2 Å². The fourth-order valence-corrected chi connectivity index (χ4v) is 4.57. The Morgan fingerprint density at radius 3 is 2.48 bits per heavy atom. The number of hydrogen-bond donors (Lipinski definition) is 0. The molecule has 0 heterocycles. The van der Waals surface area contributed by atoms with Crippen molar-refractivity contribution in [2.45, 2.75) is 45.4 Å². The topological polar surface area (TPSA) is 70.4 Å². The first-order valence-electron chi connectivity index (χ1n) is 9.83. The Balaban J connectivity index is 2.53. The zero-order valence-corrected chi connectivity index (χ0v) is 18.4. The van der Waals surface area contributed by atoms with Gasteiger partial charge in [0.25, 0.3) is 0 Å². The van der Waals surface area contributed by atoms with Gasteiger partial charge < -0.3 is 4.74 Å². The van der Waals surface area contributed by atoms with Gasteiger partial charge in [0.2, 0.25) is 10.0 Å². The SMILES string of the molecule is [CH2-]c1ccc(C)cc1Oc1ccc(C#N)cc1S(=O)(=O)N(CCC)CCC(C)C. The predicted molar refractivity (Wildman–Crippen MR) is 115 cm³/mol. The van der Waals surface area contributed by atoms with E-state index in [4.69, 9.17) is 4.74 Å². The molecule has 0 N–H and O–H groups in total. The molecule has 2 aromatic carbocycles. The maximum atomic E-state index is 13.5. The summed E-state index contributed by atoms with van der Waals surface area (Å²) < 4.78 is 34.4. The molecule has 0 spiro atoms. The van der Waals surface area contributed by atoms with Crippen LogP contribution in [0.3, 0.4) is 0 Å². The quantitative estimate of drug-likeness (QED) is 0.524. The molecule has 6 heteroatoms. The van der Waals surface area contributed by atoms with Gasteiger partial charge in [-0.25, -0.2) is 8.42 Å². The third-order valence-corrected chi connectivity index (χ3v) is 6.48. The highest BCUT2D eigenvalue weighted by molar-refractivity contribution is 7.89. The second-order valence-electron chi connectivity index (χ2n) is 7.57. The summed E-state index contributed by atoms with van der Waals surface area (Å²) in [6.07, 6.45) is 1.46. The molecule has 0 bridgehead atoms. The minimum atomic E-state index is -3.83. The molecule has 0 amide bonds. The lowest BCUT2D eigenvalue weighted by molar-refractivity contribution is 0.377. The van der Waals surface area contributed by atoms with E-state index in [0.29, 0.717) is 36.7 Å². The first kappa shape index (κ1) is 22.8. The Morgan fingerprint density at radius 1 is 1.14 bits per heavy atom. The maximum Gasteiger partial charge on any atom is 0.246 e. The molecule has 156 valence electrons. The maximum absolute atomic E-state index is 13.5. The van der Waals surface area contributed by atoms with Crippen LogP contribution in [-0.4, -0.2) is 25.8 Å². The molecule has 0 aliphatic heterocycles. The highest BCUT2D eigenvalue weighted by Crippen LogP contribution is 2.34. The lowest BCUT2D eigenvalue weighted by Gasteiger charge is -2.25. The molecule has 0 aliphatic carbocycles. The summed E-state index contributed by atoms with van der Waals surface area (Å²) in [5.41, 5.74) is 1.92. The standard InChI is InChI=1S/C23H29N2O3S/c1-6-12-25(13-11-17(2)3)29(26,27)23-15-20(16-24)9-10-21(23)28-22-14-18(4)7-8-19(22)5/h7-10,14-15,17H,5-6,11-13H2,1-4H3/q-1. The third kappa shape index (κ3) is 5.75. The zero-order valence-electron chi connectivity index (χ0n) is 17.6. The lowest BCUT2D eigenvalue weighted by atomic mass is 10.1. The molecule has 5 nitrogen and oxygen atoms in total. The Hall–Kier alpha value is -2.49. The molecule has 0 aliphatic rings. The summed E-state index contributed by atoms with van der Waals surface area (Å²) >= 11 is 0. The van der Waals surface area contributed by atoms with Gasteiger partial charge in [0.15, 0.2) is 0 Å². The Morgan fingerprint density at radius 2 is 1.86 bits per heavy atom. The lowest BCUT2D eigenvalue weighted by Crippen LogP contribution is -2.33. The molecule has 2 aromatic rings. The fraction of sp³-hybridized carbons (Fsp3) is 0.391. The van der Waals surface area contributed by atoms with Crippen LogP contribution in [0.15, 0.2) is 41.3 Å². The van der Waals surface area contributed by atoms with Crippen molar-refractivity contribution >= 4 is 10.0 Å². The molecule has 0 fully saturated rings. The van der Waals surface area contributed by atoms with Crippen LogP contribution in [0.5, 0.6) is 11.5 Å². The smallest absolute Gasteiger partial charge is 0.246 e. The van der Waals surface area contributed by atoms with Gasteiger partial charge in [-0.1, -0.05) is 32.4 Å². The van der Waals surface area contributed by atoms with Crippen LogP contribution in [0.2, 0.25) is 0 Å². The van der Waals surface area contributed by atoms with Crippen molar-refractivity contribution in [2.24, 2.45) is 5.92 Å². The van der Waals surface area contributed by atoms with Crippen LogP contribution in [0, 0.1) is 31.1 Å². The molecule has 0 saturated carbocycles.